The van der Waals surface area contributed by atoms with Crippen molar-refractivity contribution in [1.29, 1.82) is 0 Å². The van der Waals surface area contributed by atoms with Crippen LogP contribution in [0.5, 0.6) is 0 Å². The van der Waals surface area contributed by atoms with Crippen molar-refractivity contribution in [3.63, 3.8) is 0 Å². The van der Waals surface area contributed by atoms with Crippen molar-refractivity contribution in [2.24, 2.45) is 11.8 Å². The molecule has 160 valence electrons. The summed E-state index contributed by atoms with van der Waals surface area (Å²) in [7, 11) is 0. The molecule has 0 aliphatic carbocycles. The summed E-state index contributed by atoms with van der Waals surface area (Å²) in [6.07, 6.45) is 0. The number of fused-ring (bicyclic) bond motifs is 2. The minimum absolute atomic E-state index is 0.112. The first-order valence-corrected chi connectivity index (χ1v) is 11.7. The molecule has 2 fully saturated rings. The van der Waals surface area contributed by atoms with Crippen LogP contribution in [-0.4, -0.2) is 42.0 Å². The molecule has 4 aromatic rings. The van der Waals surface area contributed by atoms with Gasteiger partial charge in [0.25, 0.3) is 5.91 Å². The lowest BCUT2D eigenvalue weighted by Crippen LogP contribution is -2.33. The number of halogens is 1. The topological polar surface area (TPSA) is 36.4 Å². The Balaban J connectivity index is 1.19. The van der Waals surface area contributed by atoms with Gasteiger partial charge in [0.15, 0.2) is 5.13 Å². The number of anilines is 1. The first kappa shape index (κ1) is 19.4. The van der Waals surface area contributed by atoms with Gasteiger partial charge in [0.1, 0.15) is 5.82 Å². The molecule has 3 aromatic carbocycles. The van der Waals surface area contributed by atoms with Crippen LogP contribution in [0.1, 0.15) is 10.4 Å². The normalized spacial score (nSPS) is 20.2. The highest BCUT2D eigenvalue weighted by Gasteiger charge is 2.42. The van der Waals surface area contributed by atoms with Crippen LogP contribution in [0.2, 0.25) is 0 Å². The number of likely N-dealkylation sites (tertiary alicyclic amines) is 1. The van der Waals surface area contributed by atoms with Crippen molar-refractivity contribution in [2.45, 2.75) is 0 Å². The highest BCUT2D eigenvalue weighted by atomic mass is 32.1. The van der Waals surface area contributed by atoms with Crippen LogP contribution in [0.25, 0.3) is 21.3 Å². The minimum Gasteiger partial charge on any atom is -0.347 e. The molecule has 1 aromatic heterocycles. The number of hydrogen-bond acceptors (Lipinski definition) is 4. The zero-order valence-electron chi connectivity index (χ0n) is 17.4. The van der Waals surface area contributed by atoms with Crippen LogP contribution in [-0.2, 0) is 0 Å². The number of aromatic nitrogens is 1. The molecule has 3 heterocycles. The summed E-state index contributed by atoms with van der Waals surface area (Å²) in [5.74, 6) is 0.759. The molecule has 4 nitrogen and oxygen atoms in total. The van der Waals surface area contributed by atoms with E-state index in [0.717, 1.165) is 58.2 Å². The van der Waals surface area contributed by atoms with E-state index in [2.05, 4.69) is 4.90 Å². The highest BCUT2D eigenvalue weighted by molar-refractivity contribution is 7.22. The van der Waals surface area contributed by atoms with E-state index in [4.69, 9.17) is 4.98 Å². The van der Waals surface area contributed by atoms with Crippen molar-refractivity contribution >= 4 is 32.6 Å². The number of hydrogen-bond donors (Lipinski definition) is 0. The molecular formula is C26H22FN3OS. The molecule has 1 amide bonds. The quantitative estimate of drug-likeness (QED) is 0.431. The Hall–Kier alpha value is -3.25. The van der Waals surface area contributed by atoms with Crippen molar-refractivity contribution in [3.8, 4) is 11.1 Å². The van der Waals surface area contributed by atoms with E-state index in [1.807, 2.05) is 59.5 Å². The number of carbonyl (C=O) groups excluding carboxylic acids is 1. The van der Waals surface area contributed by atoms with Gasteiger partial charge in [-0.05, 0) is 35.4 Å². The largest absolute Gasteiger partial charge is 0.347 e. The molecular weight excluding hydrogens is 421 g/mol. The third kappa shape index (κ3) is 3.35. The van der Waals surface area contributed by atoms with Crippen molar-refractivity contribution < 1.29 is 9.18 Å². The van der Waals surface area contributed by atoms with E-state index in [0.29, 0.717) is 11.8 Å². The van der Waals surface area contributed by atoms with Gasteiger partial charge < -0.3 is 9.80 Å². The molecule has 0 bridgehead atoms. The first-order chi connectivity index (χ1) is 15.7. The molecule has 2 aliphatic heterocycles. The summed E-state index contributed by atoms with van der Waals surface area (Å²) in [5, 5.41) is 0.951. The fourth-order valence-corrected chi connectivity index (χ4v) is 6.05. The Morgan fingerprint density at radius 2 is 1.62 bits per heavy atom. The van der Waals surface area contributed by atoms with Crippen LogP contribution >= 0.6 is 11.3 Å². The van der Waals surface area contributed by atoms with Gasteiger partial charge in [-0.1, -0.05) is 59.9 Å². The Bertz CT molecular complexity index is 1290. The van der Waals surface area contributed by atoms with E-state index in [-0.39, 0.29) is 11.7 Å². The van der Waals surface area contributed by atoms with Crippen molar-refractivity contribution in [1.82, 2.24) is 9.88 Å². The Labute approximate surface area is 189 Å². The van der Waals surface area contributed by atoms with Gasteiger partial charge in [-0.2, -0.15) is 0 Å². The molecule has 2 aliphatic rings. The molecule has 6 rings (SSSR count). The summed E-state index contributed by atoms with van der Waals surface area (Å²) in [4.78, 5) is 22.5. The zero-order valence-corrected chi connectivity index (χ0v) is 18.3. The summed E-state index contributed by atoms with van der Waals surface area (Å²) in [6, 6.07) is 22.7. The third-order valence-electron chi connectivity index (χ3n) is 6.63. The van der Waals surface area contributed by atoms with E-state index >= 15 is 0 Å². The Morgan fingerprint density at radius 1 is 0.906 bits per heavy atom. The molecule has 0 radical (unpaired) electrons. The number of thiazole rings is 1. The molecule has 0 saturated carbocycles. The number of nitrogens with zero attached hydrogens (tertiary/aromatic N) is 3. The highest BCUT2D eigenvalue weighted by Crippen LogP contribution is 2.38. The average Bonchev–Trinajstić information content (AvgIpc) is 3.52. The minimum atomic E-state index is -0.226. The number of benzene rings is 3. The molecule has 0 N–H and O–H groups in total. The smallest absolute Gasteiger partial charge is 0.254 e. The van der Waals surface area contributed by atoms with Gasteiger partial charge in [0.05, 0.1) is 10.2 Å². The second-order valence-corrected chi connectivity index (χ2v) is 9.66. The molecule has 2 atom stereocenters. The second kappa shape index (κ2) is 7.71. The number of rotatable bonds is 3. The fourth-order valence-electron chi connectivity index (χ4n) is 5.05. The van der Waals surface area contributed by atoms with Gasteiger partial charge >= 0.3 is 0 Å². The van der Waals surface area contributed by atoms with Gasteiger partial charge in [-0.3, -0.25) is 4.79 Å². The fraction of sp³-hybridized carbons (Fsp3) is 0.231. The van der Waals surface area contributed by atoms with Crippen LogP contribution < -0.4 is 4.90 Å². The maximum absolute atomic E-state index is 13.5. The Kier molecular flexibility index (Phi) is 4.68. The lowest BCUT2D eigenvalue weighted by molar-refractivity contribution is 0.0783. The van der Waals surface area contributed by atoms with Crippen LogP contribution in [0.3, 0.4) is 0 Å². The van der Waals surface area contributed by atoms with Gasteiger partial charge in [0, 0.05) is 43.6 Å². The lowest BCUT2D eigenvalue weighted by atomic mass is 9.99. The maximum atomic E-state index is 13.5. The predicted octanol–water partition coefficient (Wildman–Crippen LogP) is 5.31. The summed E-state index contributed by atoms with van der Waals surface area (Å²) in [5.41, 5.74) is 3.66. The van der Waals surface area contributed by atoms with E-state index in [1.54, 1.807) is 23.5 Å². The predicted molar refractivity (Wildman–Crippen MR) is 127 cm³/mol. The standard InChI is InChI=1S/C26H22FN3OS/c27-20-10-11-23-24(12-20)32-26(28-23)30-15-18-13-29(14-19(18)16-30)25(31)22-9-5-4-8-21(22)17-6-2-1-3-7-17/h1-12,18-19H,13-16H2/t18-,19+. The number of amides is 1. The summed E-state index contributed by atoms with van der Waals surface area (Å²) >= 11 is 1.55. The first-order valence-electron chi connectivity index (χ1n) is 10.9. The van der Waals surface area contributed by atoms with E-state index in [1.165, 1.54) is 6.07 Å². The lowest BCUT2D eigenvalue weighted by Gasteiger charge is -2.22. The maximum Gasteiger partial charge on any atom is 0.254 e. The molecule has 0 unspecified atom stereocenters. The van der Waals surface area contributed by atoms with E-state index in [9.17, 15) is 9.18 Å². The summed E-state index contributed by atoms with van der Waals surface area (Å²) < 4.78 is 14.4. The van der Waals surface area contributed by atoms with E-state index < -0.39 is 0 Å². The van der Waals surface area contributed by atoms with Crippen molar-refractivity contribution in [2.75, 3.05) is 31.1 Å². The van der Waals surface area contributed by atoms with Gasteiger partial charge in [-0.15, -0.1) is 0 Å². The second-order valence-electron chi connectivity index (χ2n) is 8.66. The Morgan fingerprint density at radius 3 is 2.41 bits per heavy atom. The van der Waals surface area contributed by atoms with Crippen LogP contribution in [0.15, 0.2) is 72.8 Å². The molecule has 6 heteroatoms. The molecule has 32 heavy (non-hydrogen) atoms. The summed E-state index contributed by atoms with van der Waals surface area (Å²) in [6.45, 7) is 3.31. The SMILES string of the molecule is O=C(c1ccccc1-c1ccccc1)N1C[C@@H]2CN(c3nc4ccc(F)cc4s3)C[C@@H]2C1. The van der Waals surface area contributed by atoms with Crippen LogP contribution in [0, 0.1) is 17.7 Å². The van der Waals surface area contributed by atoms with Gasteiger partial charge in [-0.25, -0.2) is 9.37 Å². The third-order valence-corrected chi connectivity index (χ3v) is 7.70. The molecule has 2 saturated heterocycles. The number of carbonyl (C=O) groups is 1. The molecule has 0 spiro atoms. The zero-order chi connectivity index (χ0) is 21.7. The van der Waals surface area contributed by atoms with Crippen molar-refractivity contribution in [3.05, 3.63) is 84.2 Å². The van der Waals surface area contributed by atoms with Gasteiger partial charge in [0.2, 0.25) is 0 Å². The average molecular weight is 444 g/mol. The van der Waals surface area contributed by atoms with Crippen LogP contribution in [0.4, 0.5) is 9.52 Å². The monoisotopic (exact) mass is 443 g/mol.